The summed E-state index contributed by atoms with van der Waals surface area (Å²) in [5.74, 6) is -0.306. The number of carbonyl (C=O) groups is 1. The molecule has 0 saturated carbocycles. The number of rotatable bonds is 52. The summed E-state index contributed by atoms with van der Waals surface area (Å²) in [5.41, 5.74) is 0. The van der Waals surface area contributed by atoms with Crippen LogP contribution < -0.4 is 0 Å². The molecule has 0 amide bonds. The summed E-state index contributed by atoms with van der Waals surface area (Å²) in [6.07, 6.45) is 55.5. The highest BCUT2D eigenvalue weighted by molar-refractivity contribution is 7.47. The molecule has 376 valence electrons. The van der Waals surface area contributed by atoms with Gasteiger partial charge in [-0.3, -0.25) is 13.8 Å². The van der Waals surface area contributed by atoms with Crippen LogP contribution in [0.2, 0.25) is 0 Å². The fourth-order valence-electron chi connectivity index (χ4n) is 8.08. The van der Waals surface area contributed by atoms with E-state index in [1.165, 1.54) is 218 Å². The first kappa shape index (κ1) is 62.2. The third kappa shape index (κ3) is 52.1. The lowest BCUT2D eigenvalue weighted by Gasteiger charge is -2.24. The molecule has 0 aliphatic heterocycles. The molecule has 0 fully saturated rings. The van der Waals surface area contributed by atoms with Crippen LogP contribution in [0.3, 0.4) is 0 Å². The standard InChI is InChI=1S/C54H108NO7P/c1-6-8-10-12-14-16-18-20-22-24-26-27-28-30-32-34-36-38-40-42-44-46-49-59-51-53(52-61-63(57,58)60-50-48-55(3,4)5)62-54(56)47-45-43-41-39-37-35-33-31-29-25-23-21-19-17-15-13-11-9-7-2/h24,26,53H,6-23,25,27-52H2,1-5H3/p+1/b26-24-. The van der Waals surface area contributed by atoms with Gasteiger partial charge in [0.05, 0.1) is 34.4 Å². The lowest BCUT2D eigenvalue weighted by Crippen LogP contribution is -2.37. The van der Waals surface area contributed by atoms with Crippen molar-refractivity contribution < 1.29 is 37.3 Å². The minimum Gasteiger partial charge on any atom is -0.457 e. The Morgan fingerprint density at radius 2 is 0.825 bits per heavy atom. The molecule has 0 radical (unpaired) electrons. The van der Waals surface area contributed by atoms with Crippen molar-refractivity contribution >= 4 is 13.8 Å². The van der Waals surface area contributed by atoms with E-state index in [0.29, 0.717) is 24.1 Å². The Hall–Kier alpha value is -0.760. The second-order valence-corrected chi connectivity index (χ2v) is 21.4. The number of carbonyl (C=O) groups excluding carboxylic acids is 1. The van der Waals surface area contributed by atoms with Crippen LogP contribution in [0.25, 0.3) is 0 Å². The molecule has 2 unspecified atom stereocenters. The lowest BCUT2D eigenvalue weighted by atomic mass is 10.0. The lowest BCUT2D eigenvalue weighted by molar-refractivity contribution is -0.870. The van der Waals surface area contributed by atoms with Crippen molar-refractivity contribution in [2.45, 2.75) is 277 Å². The first-order valence-electron chi connectivity index (χ1n) is 27.4. The molecule has 0 rings (SSSR count). The zero-order chi connectivity index (χ0) is 46.2. The van der Waals surface area contributed by atoms with E-state index >= 15 is 0 Å². The zero-order valence-corrected chi connectivity index (χ0v) is 43.7. The van der Waals surface area contributed by atoms with Crippen LogP contribution in [0, 0.1) is 0 Å². The number of ether oxygens (including phenoxy) is 2. The highest BCUT2D eigenvalue weighted by Gasteiger charge is 2.26. The van der Waals surface area contributed by atoms with Gasteiger partial charge in [-0.15, -0.1) is 0 Å². The van der Waals surface area contributed by atoms with Crippen molar-refractivity contribution in [1.29, 1.82) is 0 Å². The maximum atomic E-state index is 12.8. The smallest absolute Gasteiger partial charge is 0.457 e. The molecular formula is C54H109NO7P+. The van der Waals surface area contributed by atoms with Gasteiger partial charge in [0, 0.05) is 13.0 Å². The van der Waals surface area contributed by atoms with Crippen molar-refractivity contribution in [1.82, 2.24) is 0 Å². The highest BCUT2D eigenvalue weighted by Crippen LogP contribution is 2.43. The molecule has 2 atom stereocenters. The van der Waals surface area contributed by atoms with E-state index in [-0.39, 0.29) is 25.8 Å². The Morgan fingerprint density at radius 1 is 0.476 bits per heavy atom. The minimum atomic E-state index is -4.28. The van der Waals surface area contributed by atoms with E-state index in [1.807, 2.05) is 21.1 Å². The Labute approximate surface area is 392 Å². The summed E-state index contributed by atoms with van der Waals surface area (Å²) in [6.45, 7) is 5.69. The van der Waals surface area contributed by atoms with Crippen molar-refractivity contribution in [3.8, 4) is 0 Å². The average Bonchev–Trinajstić information content (AvgIpc) is 3.24. The first-order valence-corrected chi connectivity index (χ1v) is 28.9. The van der Waals surface area contributed by atoms with Crippen LogP contribution in [-0.2, 0) is 27.9 Å². The molecule has 0 aliphatic carbocycles. The van der Waals surface area contributed by atoms with Crippen molar-refractivity contribution in [2.24, 2.45) is 0 Å². The van der Waals surface area contributed by atoms with E-state index in [1.54, 1.807) is 0 Å². The molecule has 8 nitrogen and oxygen atoms in total. The van der Waals surface area contributed by atoms with Gasteiger partial charge in [-0.2, -0.15) is 0 Å². The monoisotopic (exact) mass is 915 g/mol. The minimum absolute atomic E-state index is 0.0922. The summed E-state index contributed by atoms with van der Waals surface area (Å²) in [6, 6.07) is 0. The molecule has 9 heteroatoms. The summed E-state index contributed by atoms with van der Waals surface area (Å²) >= 11 is 0. The number of esters is 1. The molecule has 0 saturated heterocycles. The summed E-state index contributed by atoms with van der Waals surface area (Å²) in [5, 5.41) is 0. The van der Waals surface area contributed by atoms with Crippen LogP contribution in [-0.4, -0.2) is 75.6 Å². The topological polar surface area (TPSA) is 91.3 Å². The number of likely N-dealkylation sites (N-methyl/N-ethyl adjacent to an activating group) is 1. The zero-order valence-electron chi connectivity index (χ0n) is 42.8. The second kappa shape index (κ2) is 47.7. The molecule has 0 aromatic heterocycles. The third-order valence-corrected chi connectivity index (χ3v) is 13.3. The van der Waals surface area contributed by atoms with E-state index < -0.39 is 13.9 Å². The molecule has 0 aromatic rings. The number of hydrogen-bond acceptors (Lipinski definition) is 6. The predicted molar refractivity (Wildman–Crippen MR) is 270 cm³/mol. The van der Waals surface area contributed by atoms with Crippen LogP contribution in [0.4, 0.5) is 0 Å². The number of unbranched alkanes of at least 4 members (excludes halogenated alkanes) is 36. The Balaban J connectivity index is 4.06. The van der Waals surface area contributed by atoms with Gasteiger partial charge in [-0.1, -0.05) is 238 Å². The Bertz CT molecular complexity index is 1020. The van der Waals surface area contributed by atoms with Crippen LogP contribution in [0.15, 0.2) is 12.2 Å². The molecule has 0 spiro atoms. The van der Waals surface area contributed by atoms with E-state index in [9.17, 15) is 14.3 Å². The van der Waals surface area contributed by atoms with E-state index in [2.05, 4.69) is 26.0 Å². The molecule has 0 heterocycles. The number of allylic oxidation sites excluding steroid dienone is 2. The molecule has 1 N–H and O–H groups in total. The maximum Gasteiger partial charge on any atom is 0.472 e. The molecule has 0 aliphatic rings. The third-order valence-electron chi connectivity index (χ3n) is 12.3. The van der Waals surface area contributed by atoms with E-state index in [4.69, 9.17) is 18.5 Å². The van der Waals surface area contributed by atoms with Crippen molar-refractivity contribution in [3.05, 3.63) is 12.2 Å². The van der Waals surface area contributed by atoms with Gasteiger partial charge in [0.1, 0.15) is 19.3 Å². The normalized spacial score (nSPS) is 13.6. The van der Waals surface area contributed by atoms with Gasteiger partial charge < -0.3 is 18.9 Å². The summed E-state index contributed by atoms with van der Waals surface area (Å²) in [7, 11) is 1.68. The van der Waals surface area contributed by atoms with Gasteiger partial charge >= 0.3 is 13.8 Å². The summed E-state index contributed by atoms with van der Waals surface area (Å²) < 4.78 is 35.2. The largest absolute Gasteiger partial charge is 0.472 e. The molecule has 0 bridgehead atoms. The SMILES string of the molecule is CCCCCCCCCC/C=C\CCCCCCCCCCCCOCC(COP(=O)(O)OCC[N+](C)(C)C)OC(=O)CCCCCCCCCCCCCCCCCCCCC. The van der Waals surface area contributed by atoms with Gasteiger partial charge in [0.25, 0.3) is 0 Å². The first-order chi connectivity index (χ1) is 30.6. The second-order valence-electron chi connectivity index (χ2n) is 20.0. The van der Waals surface area contributed by atoms with Crippen LogP contribution in [0.5, 0.6) is 0 Å². The average molecular weight is 915 g/mol. The van der Waals surface area contributed by atoms with Gasteiger partial charge in [-0.05, 0) is 38.5 Å². The number of hydrogen-bond donors (Lipinski definition) is 1. The Kier molecular flexibility index (Phi) is 47.1. The fourth-order valence-corrected chi connectivity index (χ4v) is 8.82. The molecular weight excluding hydrogens is 806 g/mol. The molecule has 0 aromatic carbocycles. The molecule has 63 heavy (non-hydrogen) atoms. The number of nitrogens with zero attached hydrogens (tertiary/aromatic N) is 1. The predicted octanol–water partition coefficient (Wildman–Crippen LogP) is 17.0. The number of phosphoric ester groups is 1. The van der Waals surface area contributed by atoms with Gasteiger partial charge in [0.15, 0.2) is 0 Å². The quantitative estimate of drug-likeness (QED) is 0.0214. The highest BCUT2D eigenvalue weighted by atomic mass is 31.2. The van der Waals surface area contributed by atoms with Gasteiger partial charge in [0.2, 0.25) is 0 Å². The fraction of sp³-hybridized carbons (Fsp3) is 0.944. The van der Waals surface area contributed by atoms with Crippen molar-refractivity contribution in [2.75, 3.05) is 54.1 Å². The van der Waals surface area contributed by atoms with Crippen LogP contribution in [0.1, 0.15) is 271 Å². The van der Waals surface area contributed by atoms with Crippen molar-refractivity contribution in [3.63, 3.8) is 0 Å². The van der Waals surface area contributed by atoms with E-state index in [0.717, 1.165) is 32.1 Å². The van der Waals surface area contributed by atoms with Crippen LogP contribution >= 0.6 is 7.82 Å². The van der Waals surface area contributed by atoms with Gasteiger partial charge in [-0.25, -0.2) is 4.57 Å². The maximum absolute atomic E-state index is 12.8. The Morgan fingerprint density at radius 3 is 1.21 bits per heavy atom. The summed E-state index contributed by atoms with van der Waals surface area (Å²) in [4.78, 5) is 23.0. The number of quaternary nitrogens is 1. The number of phosphoric acid groups is 1.